The van der Waals surface area contributed by atoms with Gasteiger partial charge >= 0.3 is 0 Å². The molecule has 4 heteroatoms. The average molecular weight is 234 g/mol. The van der Waals surface area contributed by atoms with Gasteiger partial charge in [0.05, 0.1) is 12.1 Å². The van der Waals surface area contributed by atoms with Crippen molar-refractivity contribution in [2.45, 2.75) is 31.8 Å². The van der Waals surface area contributed by atoms with Gasteiger partial charge in [-0.15, -0.1) is 0 Å². The number of hydrogen-bond donors (Lipinski definition) is 2. The van der Waals surface area contributed by atoms with Crippen LogP contribution in [0.15, 0.2) is 24.3 Å². The van der Waals surface area contributed by atoms with Crippen LogP contribution >= 0.6 is 0 Å². The van der Waals surface area contributed by atoms with Gasteiger partial charge in [-0.3, -0.25) is 4.79 Å². The van der Waals surface area contributed by atoms with Crippen LogP contribution in [-0.4, -0.2) is 18.6 Å². The summed E-state index contributed by atoms with van der Waals surface area (Å²) in [6, 6.07) is 7.26. The van der Waals surface area contributed by atoms with Gasteiger partial charge in [0.1, 0.15) is 12.4 Å². The van der Waals surface area contributed by atoms with E-state index in [2.05, 4.69) is 5.32 Å². The van der Waals surface area contributed by atoms with Gasteiger partial charge in [0.15, 0.2) is 0 Å². The van der Waals surface area contributed by atoms with Crippen LogP contribution in [0, 0.1) is 0 Å². The Labute approximate surface area is 101 Å². The average Bonchev–Trinajstić information content (AvgIpc) is 2.73. The number of benzene rings is 1. The Morgan fingerprint density at radius 3 is 3.12 bits per heavy atom. The number of carbonyl (C=O) groups excluding carboxylic acids is 1. The first-order chi connectivity index (χ1) is 8.22. The molecule has 0 aromatic heterocycles. The Balaban J connectivity index is 2.00. The van der Waals surface area contributed by atoms with E-state index in [1.54, 1.807) is 0 Å². The van der Waals surface area contributed by atoms with E-state index in [4.69, 9.17) is 10.5 Å². The Kier molecular flexibility index (Phi) is 3.64. The predicted octanol–water partition coefficient (Wildman–Crippen LogP) is 1.36. The molecule has 1 amide bonds. The molecule has 1 unspecified atom stereocenters. The van der Waals surface area contributed by atoms with Crippen LogP contribution in [0.5, 0.6) is 5.75 Å². The fourth-order valence-corrected chi connectivity index (χ4v) is 2.00. The van der Waals surface area contributed by atoms with E-state index in [1.165, 1.54) is 0 Å². The molecule has 1 aromatic carbocycles. The highest BCUT2D eigenvalue weighted by molar-refractivity contribution is 5.82. The smallest absolute Gasteiger partial charge is 0.237 e. The summed E-state index contributed by atoms with van der Waals surface area (Å²) in [7, 11) is 0. The van der Waals surface area contributed by atoms with E-state index < -0.39 is 6.04 Å². The molecule has 1 aliphatic rings. The van der Waals surface area contributed by atoms with Gasteiger partial charge in [0, 0.05) is 5.56 Å². The van der Waals surface area contributed by atoms with Crippen molar-refractivity contribution in [3.05, 3.63) is 29.8 Å². The Morgan fingerprint density at radius 1 is 1.59 bits per heavy atom. The SMILES string of the molecule is CCC[C@H](N)C(=O)NC1COc2ccccc21. The maximum absolute atomic E-state index is 11.8. The van der Waals surface area contributed by atoms with Crippen molar-refractivity contribution in [1.82, 2.24) is 5.32 Å². The summed E-state index contributed by atoms with van der Waals surface area (Å²) in [6.45, 7) is 2.51. The summed E-state index contributed by atoms with van der Waals surface area (Å²) in [5, 5.41) is 2.93. The molecule has 0 aliphatic carbocycles. The number of para-hydroxylation sites is 1. The zero-order valence-corrected chi connectivity index (χ0v) is 9.98. The third-order valence-electron chi connectivity index (χ3n) is 2.95. The first-order valence-corrected chi connectivity index (χ1v) is 6.00. The zero-order chi connectivity index (χ0) is 12.3. The number of fused-ring (bicyclic) bond motifs is 1. The van der Waals surface area contributed by atoms with Crippen LogP contribution in [0.2, 0.25) is 0 Å². The van der Waals surface area contributed by atoms with Crippen molar-refractivity contribution < 1.29 is 9.53 Å². The molecular weight excluding hydrogens is 216 g/mol. The fraction of sp³-hybridized carbons (Fsp3) is 0.462. The maximum Gasteiger partial charge on any atom is 0.237 e. The molecule has 0 fully saturated rings. The Hall–Kier alpha value is -1.55. The molecule has 0 spiro atoms. The zero-order valence-electron chi connectivity index (χ0n) is 9.98. The minimum absolute atomic E-state index is 0.0680. The van der Waals surface area contributed by atoms with Gasteiger partial charge in [-0.05, 0) is 12.5 Å². The van der Waals surface area contributed by atoms with E-state index in [0.717, 1.165) is 17.7 Å². The first kappa shape index (κ1) is 11.9. The highest BCUT2D eigenvalue weighted by Gasteiger charge is 2.26. The Bertz CT molecular complexity index is 406. The van der Waals surface area contributed by atoms with Crippen molar-refractivity contribution in [1.29, 1.82) is 0 Å². The highest BCUT2D eigenvalue weighted by Crippen LogP contribution is 2.31. The molecule has 0 saturated heterocycles. The second-order valence-corrected chi connectivity index (χ2v) is 4.31. The molecule has 4 nitrogen and oxygen atoms in total. The number of amides is 1. The molecule has 3 N–H and O–H groups in total. The third-order valence-corrected chi connectivity index (χ3v) is 2.95. The fourth-order valence-electron chi connectivity index (χ4n) is 2.00. The number of nitrogens with one attached hydrogen (secondary N) is 1. The van der Waals surface area contributed by atoms with Crippen LogP contribution in [0.1, 0.15) is 31.4 Å². The van der Waals surface area contributed by atoms with Crippen LogP contribution in [-0.2, 0) is 4.79 Å². The van der Waals surface area contributed by atoms with Crippen LogP contribution < -0.4 is 15.8 Å². The van der Waals surface area contributed by atoms with Crippen LogP contribution in [0.25, 0.3) is 0 Å². The van der Waals surface area contributed by atoms with Crippen molar-refractivity contribution >= 4 is 5.91 Å². The summed E-state index contributed by atoms with van der Waals surface area (Å²) in [5.41, 5.74) is 6.80. The molecule has 0 radical (unpaired) electrons. The van der Waals surface area contributed by atoms with Crippen molar-refractivity contribution in [3.63, 3.8) is 0 Å². The molecule has 17 heavy (non-hydrogen) atoms. The Morgan fingerprint density at radius 2 is 2.35 bits per heavy atom. The number of rotatable bonds is 4. The highest BCUT2D eigenvalue weighted by atomic mass is 16.5. The molecule has 2 rings (SSSR count). The summed E-state index contributed by atoms with van der Waals surface area (Å²) in [6.07, 6.45) is 1.62. The quantitative estimate of drug-likeness (QED) is 0.826. The number of ether oxygens (including phenoxy) is 1. The van der Waals surface area contributed by atoms with Gasteiger partial charge in [-0.1, -0.05) is 31.5 Å². The standard InChI is InChI=1S/C13H18N2O2/c1-2-5-10(14)13(16)15-11-8-17-12-7-4-3-6-9(11)12/h3-4,6-7,10-11H,2,5,8,14H2,1H3,(H,15,16)/t10-,11?/m0/s1. The van der Waals surface area contributed by atoms with E-state index in [1.807, 2.05) is 31.2 Å². The first-order valence-electron chi connectivity index (χ1n) is 6.00. The van der Waals surface area contributed by atoms with Gasteiger partial charge in [-0.2, -0.15) is 0 Å². The molecular formula is C13H18N2O2. The molecule has 1 aromatic rings. The van der Waals surface area contributed by atoms with Gasteiger partial charge in [0.25, 0.3) is 0 Å². The van der Waals surface area contributed by atoms with Crippen molar-refractivity contribution in [3.8, 4) is 5.75 Å². The van der Waals surface area contributed by atoms with Gasteiger partial charge in [-0.25, -0.2) is 0 Å². The van der Waals surface area contributed by atoms with E-state index >= 15 is 0 Å². The van der Waals surface area contributed by atoms with Crippen LogP contribution in [0.3, 0.4) is 0 Å². The summed E-state index contributed by atoms with van der Waals surface area (Å²) in [4.78, 5) is 11.8. The molecule has 92 valence electrons. The number of hydrogen-bond acceptors (Lipinski definition) is 3. The topological polar surface area (TPSA) is 64.4 Å². The molecule has 0 bridgehead atoms. The van der Waals surface area contributed by atoms with Crippen LogP contribution in [0.4, 0.5) is 0 Å². The third kappa shape index (κ3) is 2.58. The van der Waals surface area contributed by atoms with Gasteiger partial charge in [0.2, 0.25) is 5.91 Å². The van der Waals surface area contributed by atoms with Gasteiger partial charge < -0.3 is 15.8 Å². The predicted molar refractivity (Wildman–Crippen MR) is 65.7 cm³/mol. The minimum atomic E-state index is -0.423. The molecule has 1 aliphatic heterocycles. The monoisotopic (exact) mass is 234 g/mol. The molecule has 2 atom stereocenters. The molecule has 1 heterocycles. The lowest BCUT2D eigenvalue weighted by Gasteiger charge is -2.15. The lowest BCUT2D eigenvalue weighted by atomic mass is 10.1. The second-order valence-electron chi connectivity index (χ2n) is 4.31. The lowest BCUT2D eigenvalue weighted by molar-refractivity contribution is -0.123. The largest absolute Gasteiger partial charge is 0.491 e. The number of carbonyl (C=O) groups is 1. The second kappa shape index (κ2) is 5.19. The summed E-state index contributed by atoms with van der Waals surface area (Å²) >= 11 is 0. The summed E-state index contributed by atoms with van der Waals surface area (Å²) in [5.74, 6) is 0.749. The number of nitrogens with two attached hydrogens (primary N) is 1. The minimum Gasteiger partial charge on any atom is -0.491 e. The van der Waals surface area contributed by atoms with E-state index in [0.29, 0.717) is 13.0 Å². The summed E-state index contributed by atoms with van der Waals surface area (Å²) < 4.78 is 5.50. The van der Waals surface area contributed by atoms with Crippen molar-refractivity contribution in [2.24, 2.45) is 5.73 Å². The lowest BCUT2D eigenvalue weighted by Crippen LogP contribution is -2.42. The maximum atomic E-state index is 11.8. The normalized spacial score (nSPS) is 19.3. The van der Waals surface area contributed by atoms with E-state index in [9.17, 15) is 4.79 Å². The molecule has 0 saturated carbocycles. The van der Waals surface area contributed by atoms with Crippen molar-refractivity contribution in [2.75, 3.05) is 6.61 Å². The van der Waals surface area contributed by atoms with E-state index in [-0.39, 0.29) is 11.9 Å².